The quantitative estimate of drug-likeness (QED) is 0.927. The summed E-state index contributed by atoms with van der Waals surface area (Å²) in [5.74, 6) is 0.0807. The highest BCUT2D eigenvalue weighted by Crippen LogP contribution is 2.21. The van der Waals surface area contributed by atoms with E-state index in [2.05, 4.69) is 12.2 Å². The summed E-state index contributed by atoms with van der Waals surface area (Å²) in [6.07, 6.45) is 2.02. The molecule has 0 aliphatic carbocycles. The van der Waals surface area contributed by atoms with Crippen LogP contribution in [-0.2, 0) is 0 Å². The number of carbonyl (C=O) groups is 1. The zero-order chi connectivity index (χ0) is 14.5. The normalized spacial score (nSPS) is 16.4. The van der Waals surface area contributed by atoms with Gasteiger partial charge < -0.3 is 10.2 Å². The van der Waals surface area contributed by atoms with Crippen LogP contribution in [0.25, 0.3) is 0 Å². The van der Waals surface area contributed by atoms with E-state index in [1.54, 1.807) is 0 Å². The Labute approximate surface area is 124 Å². The van der Waals surface area contributed by atoms with E-state index in [9.17, 15) is 9.18 Å². The molecule has 1 aliphatic rings. The smallest absolute Gasteiger partial charge is 0.253 e. The van der Waals surface area contributed by atoms with Gasteiger partial charge in [0.25, 0.3) is 5.91 Å². The van der Waals surface area contributed by atoms with Crippen LogP contribution >= 0.6 is 11.6 Å². The molecule has 1 aromatic rings. The molecule has 1 amide bonds. The lowest BCUT2D eigenvalue weighted by Crippen LogP contribution is -2.40. The van der Waals surface area contributed by atoms with Crippen LogP contribution in [0.1, 0.15) is 30.1 Å². The number of hydrogen-bond donors (Lipinski definition) is 1. The van der Waals surface area contributed by atoms with Crippen molar-refractivity contribution in [1.29, 1.82) is 0 Å². The summed E-state index contributed by atoms with van der Waals surface area (Å²) in [4.78, 5) is 14.1. The molecule has 20 heavy (non-hydrogen) atoms. The minimum Gasteiger partial charge on any atom is -0.339 e. The largest absolute Gasteiger partial charge is 0.339 e. The van der Waals surface area contributed by atoms with E-state index in [0.717, 1.165) is 39.0 Å². The van der Waals surface area contributed by atoms with E-state index in [4.69, 9.17) is 11.6 Å². The first-order valence-corrected chi connectivity index (χ1v) is 7.44. The van der Waals surface area contributed by atoms with Crippen LogP contribution in [0.3, 0.4) is 0 Å². The highest BCUT2D eigenvalue weighted by molar-refractivity contribution is 6.31. The van der Waals surface area contributed by atoms with Crippen molar-refractivity contribution in [3.05, 3.63) is 34.6 Å². The number of likely N-dealkylation sites (tertiary alicyclic amines) is 1. The minimum atomic E-state index is -0.493. The Balaban J connectivity index is 1.92. The summed E-state index contributed by atoms with van der Waals surface area (Å²) in [6.45, 7) is 5.60. The van der Waals surface area contributed by atoms with Crippen molar-refractivity contribution in [3.63, 3.8) is 0 Å². The van der Waals surface area contributed by atoms with Gasteiger partial charge in [0.2, 0.25) is 0 Å². The maximum atomic E-state index is 13.1. The van der Waals surface area contributed by atoms with Crippen molar-refractivity contribution >= 4 is 17.5 Å². The molecule has 1 fully saturated rings. The van der Waals surface area contributed by atoms with Gasteiger partial charge in [-0.2, -0.15) is 0 Å². The fraction of sp³-hybridized carbons (Fsp3) is 0.533. The van der Waals surface area contributed by atoms with Gasteiger partial charge in [-0.3, -0.25) is 4.79 Å². The standard InChI is InChI=1S/C15H20ClFN2O/c1-2-18-10-11-5-7-19(8-6-11)15(20)12-3-4-14(17)13(16)9-12/h3-4,9,11,18H,2,5-8,10H2,1H3. The first-order valence-electron chi connectivity index (χ1n) is 7.07. The Hall–Kier alpha value is -1.13. The van der Waals surface area contributed by atoms with E-state index >= 15 is 0 Å². The molecular weight excluding hydrogens is 279 g/mol. The third-order valence-electron chi connectivity index (χ3n) is 3.75. The van der Waals surface area contributed by atoms with E-state index in [1.165, 1.54) is 18.2 Å². The summed E-state index contributed by atoms with van der Waals surface area (Å²) in [5.41, 5.74) is 0.460. The number of benzene rings is 1. The lowest BCUT2D eigenvalue weighted by Gasteiger charge is -2.32. The number of rotatable bonds is 4. The molecule has 1 saturated heterocycles. The van der Waals surface area contributed by atoms with Gasteiger partial charge in [0, 0.05) is 18.7 Å². The molecule has 2 rings (SSSR count). The number of amides is 1. The molecule has 1 N–H and O–H groups in total. The lowest BCUT2D eigenvalue weighted by molar-refractivity contribution is 0.0690. The fourth-order valence-corrected chi connectivity index (χ4v) is 2.68. The molecular formula is C15H20ClFN2O. The lowest BCUT2D eigenvalue weighted by atomic mass is 9.96. The molecule has 0 saturated carbocycles. The van der Waals surface area contributed by atoms with Crippen molar-refractivity contribution in [1.82, 2.24) is 10.2 Å². The van der Waals surface area contributed by atoms with Gasteiger partial charge in [0.05, 0.1) is 5.02 Å². The maximum Gasteiger partial charge on any atom is 0.253 e. The molecule has 3 nitrogen and oxygen atoms in total. The van der Waals surface area contributed by atoms with Gasteiger partial charge in [-0.25, -0.2) is 4.39 Å². The molecule has 0 aromatic heterocycles. The van der Waals surface area contributed by atoms with Crippen molar-refractivity contribution < 1.29 is 9.18 Å². The van der Waals surface area contributed by atoms with Crippen molar-refractivity contribution in [2.75, 3.05) is 26.2 Å². The monoisotopic (exact) mass is 298 g/mol. The molecule has 0 unspecified atom stereocenters. The second kappa shape index (κ2) is 7.04. The topological polar surface area (TPSA) is 32.3 Å². The van der Waals surface area contributed by atoms with Gasteiger partial charge in [0.15, 0.2) is 0 Å². The van der Waals surface area contributed by atoms with Crippen LogP contribution in [-0.4, -0.2) is 37.0 Å². The molecule has 110 valence electrons. The predicted octanol–water partition coefficient (Wildman–Crippen LogP) is 2.94. The number of carbonyl (C=O) groups excluding carboxylic acids is 1. The molecule has 1 aliphatic heterocycles. The van der Waals surface area contributed by atoms with Crippen LogP contribution in [0.4, 0.5) is 4.39 Å². The van der Waals surface area contributed by atoms with Gasteiger partial charge in [-0.05, 0) is 50.0 Å². The number of halogens is 2. The van der Waals surface area contributed by atoms with Crippen molar-refractivity contribution in [3.8, 4) is 0 Å². The van der Waals surface area contributed by atoms with Crippen LogP contribution in [0.5, 0.6) is 0 Å². The Morgan fingerprint density at radius 3 is 2.75 bits per heavy atom. The Morgan fingerprint density at radius 2 is 2.15 bits per heavy atom. The summed E-state index contributed by atoms with van der Waals surface area (Å²) in [7, 11) is 0. The van der Waals surface area contributed by atoms with E-state index in [1.807, 2.05) is 4.90 Å². The number of nitrogens with one attached hydrogen (secondary N) is 1. The number of piperidine rings is 1. The summed E-state index contributed by atoms with van der Waals surface area (Å²) in [5, 5.41) is 3.34. The predicted molar refractivity (Wildman–Crippen MR) is 78.6 cm³/mol. The molecule has 0 spiro atoms. The van der Waals surface area contributed by atoms with E-state index in [0.29, 0.717) is 11.5 Å². The highest BCUT2D eigenvalue weighted by Gasteiger charge is 2.23. The fourth-order valence-electron chi connectivity index (χ4n) is 2.50. The minimum absolute atomic E-state index is 0.00196. The summed E-state index contributed by atoms with van der Waals surface area (Å²) in [6, 6.07) is 4.14. The summed E-state index contributed by atoms with van der Waals surface area (Å²) >= 11 is 5.72. The van der Waals surface area contributed by atoms with Gasteiger partial charge in [-0.15, -0.1) is 0 Å². The number of nitrogens with zero attached hydrogens (tertiary/aromatic N) is 1. The van der Waals surface area contributed by atoms with Gasteiger partial charge in [-0.1, -0.05) is 18.5 Å². The first-order chi connectivity index (χ1) is 9.61. The SMILES string of the molecule is CCNCC1CCN(C(=O)c2ccc(F)c(Cl)c2)CC1. The van der Waals surface area contributed by atoms with Crippen molar-refractivity contribution in [2.45, 2.75) is 19.8 Å². The van der Waals surface area contributed by atoms with Crippen LogP contribution in [0.2, 0.25) is 5.02 Å². The molecule has 5 heteroatoms. The maximum absolute atomic E-state index is 13.1. The molecule has 0 radical (unpaired) electrons. The Kier molecular flexibility index (Phi) is 5.38. The average Bonchev–Trinajstić information content (AvgIpc) is 2.48. The molecule has 1 aromatic carbocycles. The second-order valence-corrected chi connectivity index (χ2v) is 5.58. The molecule has 0 bridgehead atoms. The second-order valence-electron chi connectivity index (χ2n) is 5.17. The molecule has 1 heterocycles. The third-order valence-corrected chi connectivity index (χ3v) is 4.04. The Bertz CT molecular complexity index is 473. The number of hydrogen-bond acceptors (Lipinski definition) is 2. The van der Waals surface area contributed by atoms with E-state index in [-0.39, 0.29) is 10.9 Å². The average molecular weight is 299 g/mol. The summed E-state index contributed by atoms with van der Waals surface area (Å²) < 4.78 is 13.1. The molecule has 0 atom stereocenters. The highest BCUT2D eigenvalue weighted by atomic mass is 35.5. The third kappa shape index (κ3) is 3.70. The van der Waals surface area contributed by atoms with E-state index < -0.39 is 5.82 Å². The van der Waals surface area contributed by atoms with Crippen LogP contribution in [0.15, 0.2) is 18.2 Å². The zero-order valence-electron chi connectivity index (χ0n) is 11.7. The van der Waals surface area contributed by atoms with Gasteiger partial charge >= 0.3 is 0 Å². The van der Waals surface area contributed by atoms with Crippen LogP contribution in [0, 0.1) is 11.7 Å². The Morgan fingerprint density at radius 1 is 1.45 bits per heavy atom. The first kappa shape index (κ1) is 15.3. The van der Waals surface area contributed by atoms with Crippen molar-refractivity contribution in [2.24, 2.45) is 5.92 Å². The zero-order valence-corrected chi connectivity index (χ0v) is 12.4. The van der Waals surface area contributed by atoms with Crippen LogP contribution < -0.4 is 5.32 Å². The van der Waals surface area contributed by atoms with Gasteiger partial charge in [0.1, 0.15) is 5.82 Å².